The molecule has 1 aromatic carbocycles. The van der Waals surface area contributed by atoms with E-state index in [4.69, 9.17) is 10.5 Å². The Kier molecular flexibility index (Phi) is 5.41. The van der Waals surface area contributed by atoms with E-state index in [1.807, 2.05) is 29.2 Å². The number of nitrogens with zero attached hydrogens (tertiary/aromatic N) is 1. The van der Waals surface area contributed by atoms with E-state index in [0.717, 1.165) is 43.7 Å². The minimum absolute atomic E-state index is 0.0685. The number of hydrogen-bond acceptors (Lipinski definition) is 3. The summed E-state index contributed by atoms with van der Waals surface area (Å²) < 4.78 is 5.56. The van der Waals surface area contributed by atoms with Crippen LogP contribution < -0.4 is 10.5 Å². The Morgan fingerprint density at radius 2 is 1.90 bits per heavy atom. The van der Waals surface area contributed by atoms with E-state index in [9.17, 15) is 4.79 Å². The Labute approximate surface area is 120 Å². The maximum absolute atomic E-state index is 12.0. The quantitative estimate of drug-likeness (QED) is 0.899. The van der Waals surface area contributed by atoms with Crippen molar-refractivity contribution >= 4 is 5.91 Å². The van der Waals surface area contributed by atoms with E-state index >= 15 is 0 Å². The fourth-order valence-corrected chi connectivity index (χ4v) is 2.43. The first-order valence-electron chi connectivity index (χ1n) is 7.47. The Balaban J connectivity index is 1.82. The van der Waals surface area contributed by atoms with Crippen LogP contribution in [-0.4, -0.2) is 30.5 Å². The van der Waals surface area contributed by atoms with Crippen LogP contribution in [0.2, 0.25) is 0 Å². The number of nitrogens with two attached hydrogens (primary N) is 1. The zero-order chi connectivity index (χ0) is 14.4. The summed E-state index contributed by atoms with van der Waals surface area (Å²) >= 11 is 0. The third-order valence-corrected chi connectivity index (χ3v) is 3.82. The van der Waals surface area contributed by atoms with Gasteiger partial charge in [-0.15, -0.1) is 0 Å². The van der Waals surface area contributed by atoms with Crippen LogP contribution in [0.5, 0.6) is 5.75 Å². The van der Waals surface area contributed by atoms with Gasteiger partial charge in [0.2, 0.25) is 0 Å². The lowest BCUT2D eigenvalue weighted by molar-refractivity contribution is -0.134. The number of rotatable bonds is 5. The lowest BCUT2D eigenvalue weighted by Crippen LogP contribution is -2.38. The molecular weight excluding hydrogens is 252 g/mol. The van der Waals surface area contributed by atoms with E-state index < -0.39 is 0 Å². The Bertz CT molecular complexity index is 425. The number of carbonyl (C=O) groups is 1. The smallest absolute Gasteiger partial charge is 0.260 e. The van der Waals surface area contributed by atoms with Gasteiger partial charge in [-0.3, -0.25) is 4.79 Å². The van der Waals surface area contributed by atoms with Crippen molar-refractivity contribution in [1.82, 2.24) is 4.90 Å². The number of likely N-dealkylation sites (tertiary alicyclic amines) is 1. The zero-order valence-electron chi connectivity index (χ0n) is 12.2. The normalized spacial score (nSPS) is 16.8. The summed E-state index contributed by atoms with van der Waals surface area (Å²) in [7, 11) is 0. The number of hydrogen-bond donors (Lipinski definition) is 1. The summed E-state index contributed by atoms with van der Waals surface area (Å²) in [5.74, 6) is 0.807. The van der Waals surface area contributed by atoms with Crippen LogP contribution in [0, 0.1) is 0 Å². The van der Waals surface area contributed by atoms with Crippen molar-refractivity contribution in [3.8, 4) is 5.75 Å². The van der Waals surface area contributed by atoms with Gasteiger partial charge in [0.25, 0.3) is 5.91 Å². The Morgan fingerprint density at radius 3 is 2.50 bits per heavy atom. The van der Waals surface area contributed by atoms with Gasteiger partial charge in [0.1, 0.15) is 5.75 Å². The fraction of sp³-hybridized carbons (Fsp3) is 0.562. The highest BCUT2D eigenvalue weighted by Crippen LogP contribution is 2.18. The van der Waals surface area contributed by atoms with Crippen LogP contribution in [0.15, 0.2) is 24.3 Å². The second kappa shape index (κ2) is 7.29. The summed E-state index contributed by atoms with van der Waals surface area (Å²) in [5, 5.41) is 0. The standard InChI is InChI=1S/C16H24N2O2/c1-2-15(17)13-6-8-14(9-7-13)20-12-16(19)18-10-4-3-5-11-18/h6-9,15H,2-5,10-12,17H2,1H3/t15-/m1/s1. The molecular formula is C16H24N2O2. The monoisotopic (exact) mass is 276 g/mol. The van der Waals surface area contributed by atoms with Crippen molar-refractivity contribution in [3.63, 3.8) is 0 Å². The summed E-state index contributed by atoms with van der Waals surface area (Å²) in [6.07, 6.45) is 4.35. The molecule has 110 valence electrons. The molecule has 1 amide bonds. The molecule has 1 aromatic rings. The van der Waals surface area contributed by atoms with Gasteiger partial charge in [-0.05, 0) is 43.4 Å². The predicted molar refractivity (Wildman–Crippen MR) is 79.6 cm³/mol. The molecule has 1 heterocycles. The summed E-state index contributed by atoms with van der Waals surface area (Å²) in [4.78, 5) is 13.9. The van der Waals surface area contributed by atoms with E-state index in [2.05, 4.69) is 6.92 Å². The summed E-state index contributed by atoms with van der Waals surface area (Å²) in [6, 6.07) is 7.77. The largest absolute Gasteiger partial charge is 0.484 e. The number of ether oxygens (including phenoxy) is 1. The number of amides is 1. The van der Waals surface area contributed by atoms with Crippen molar-refractivity contribution in [3.05, 3.63) is 29.8 Å². The highest BCUT2D eigenvalue weighted by molar-refractivity contribution is 5.77. The molecule has 0 aliphatic carbocycles. The maximum Gasteiger partial charge on any atom is 0.260 e. The molecule has 2 N–H and O–H groups in total. The molecule has 4 heteroatoms. The average Bonchev–Trinajstić information content (AvgIpc) is 2.53. The van der Waals surface area contributed by atoms with Crippen LogP contribution in [0.1, 0.15) is 44.2 Å². The predicted octanol–water partition coefficient (Wildman–Crippen LogP) is 2.49. The van der Waals surface area contributed by atoms with Crippen molar-refractivity contribution < 1.29 is 9.53 Å². The van der Waals surface area contributed by atoms with Crippen molar-refractivity contribution in [2.24, 2.45) is 5.73 Å². The van der Waals surface area contributed by atoms with Gasteiger partial charge in [0.05, 0.1) is 0 Å². The number of piperidine rings is 1. The molecule has 0 aromatic heterocycles. The molecule has 1 aliphatic rings. The second-order valence-corrected chi connectivity index (χ2v) is 5.31. The summed E-state index contributed by atoms with van der Waals surface area (Å²) in [6.45, 7) is 3.92. The highest BCUT2D eigenvalue weighted by Gasteiger charge is 2.16. The third kappa shape index (κ3) is 3.97. The minimum atomic E-state index is 0.0685. The molecule has 1 saturated heterocycles. The Hall–Kier alpha value is -1.55. The maximum atomic E-state index is 12.0. The third-order valence-electron chi connectivity index (χ3n) is 3.82. The lowest BCUT2D eigenvalue weighted by Gasteiger charge is -2.26. The number of benzene rings is 1. The fourth-order valence-electron chi connectivity index (χ4n) is 2.43. The molecule has 0 saturated carbocycles. The average molecular weight is 276 g/mol. The van der Waals surface area contributed by atoms with Crippen LogP contribution in [0.25, 0.3) is 0 Å². The topological polar surface area (TPSA) is 55.6 Å². The van der Waals surface area contributed by atoms with Gasteiger partial charge in [-0.2, -0.15) is 0 Å². The molecule has 20 heavy (non-hydrogen) atoms. The van der Waals surface area contributed by atoms with Crippen molar-refractivity contribution in [1.29, 1.82) is 0 Å². The SMILES string of the molecule is CC[C@@H](N)c1ccc(OCC(=O)N2CCCCC2)cc1. The number of carbonyl (C=O) groups excluding carboxylic acids is 1. The molecule has 1 atom stereocenters. The minimum Gasteiger partial charge on any atom is -0.484 e. The molecule has 0 spiro atoms. The lowest BCUT2D eigenvalue weighted by atomic mass is 10.1. The van der Waals surface area contributed by atoms with Crippen molar-refractivity contribution in [2.45, 2.75) is 38.6 Å². The molecule has 1 aliphatic heterocycles. The molecule has 0 bridgehead atoms. The molecule has 2 rings (SSSR count). The first-order valence-corrected chi connectivity index (χ1v) is 7.47. The van der Waals surface area contributed by atoms with Crippen molar-refractivity contribution in [2.75, 3.05) is 19.7 Å². The Morgan fingerprint density at radius 1 is 1.25 bits per heavy atom. The highest BCUT2D eigenvalue weighted by atomic mass is 16.5. The van der Waals surface area contributed by atoms with Gasteiger partial charge in [-0.1, -0.05) is 19.1 Å². The van der Waals surface area contributed by atoms with E-state index in [-0.39, 0.29) is 18.6 Å². The van der Waals surface area contributed by atoms with E-state index in [1.165, 1.54) is 6.42 Å². The van der Waals surface area contributed by atoms with Crippen LogP contribution in [-0.2, 0) is 4.79 Å². The van der Waals surface area contributed by atoms with E-state index in [0.29, 0.717) is 0 Å². The first kappa shape index (κ1) is 14.9. The van der Waals surface area contributed by atoms with Gasteiger partial charge < -0.3 is 15.4 Å². The van der Waals surface area contributed by atoms with Gasteiger partial charge in [-0.25, -0.2) is 0 Å². The van der Waals surface area contributed by atoms with Gasteiger partial charge >= 0.3 is 0 Å². The zero-order valence-corrected chi connectivity index (χ0v) is 12.2. The van der Waals surface area contributed by atoms with Crippen LogP contribution in [0.4, 0.5) is 0 Å². The molecule has 0 radical (unpaired) electrons. The molecule has 0 unspecified atom stereocenters. The van der Waals surface area contributed by atoms with E-state index in [1.54, 1.807) is 0 Å². The van der Waals surface area contributed by atoms with Crippen LogP contribution in [0.3, 0.4) is 0 Å². The first-order chi connectivity index (χ1) is 9.70. The van der Waals surface area contributed by atoms with Gasteiger partial charge in [0, 0.05) is 19.1 Å². The summed E-state index contributed by atoms with van der Waals surface area (Å²) in [5.41, 5.74) is 7.06. The van der Waals surface area contributed by atoms with Crippen LogP contribution >= 0.6 is 0 Å². The molecule has 4 nitrogen and oxygen atoms in total. The van der Waals surface area contributed by atoms with Gasteiger partial charge in [0.15, 0.2) is 6.61 Å². The second-order valence-electron chi connectivity index (χ2n) is 5.31. The molecule has 1 fully saturated rings.